The first kappa shape index (κ1) is 15.1. The smallest absolute Gasteiger partial charge is 0.211 e. The van der Waals surface area contributed by atoms with Gasteiger partial charge in [0.25, 0.3) is 0 Å². The number of hydrogen-bond acceptors (Lipinski definition) is 5. The van der Waals surface area contributed by atoms with Crippen LogP contribution < -0.4 is 0 Å². The molecule has 118 valence electrons. The third-order valence-corrected chi connectivity index (χ3v) is 4.89. The fraction of sp³-hybridized carbons (Fsp3) is 0.429. The number of aromatic nitrogens is 3. The minimum absolute atomic E-state index is 0.182. The Bertz CT molecular complexity index is 730. The molecule has 2 aromatic heterocycles. The Morgan fingerprint density at radius 2 is 2.09 bits per heavy atom. The Labute approximate surface area is 129 Å². The molecule has 7 nitrogen and oxygen atoms in total. The van der Waals surface area contributed by atoms with Gasteiger partial charge in [0.15, 0.2) is 0 Å². The highest BCUT2D eigenvalue weighted by Crippen LogP contribution is 2.18. The molecule has 0 aliphatic carbocycles. The number of pyridine rings is 1. The second-order valence-electron chi connectivity index (χ2n) is 5.25. The minimum Gasteiger partial charge on any atom is -0.374 e. The van der Waals surface area contributed by atoms with Crippen LogP contribution in [0, 0.1) is 0 Å². The van der Waals surface area contributed by atoms with Crippen molar-refractivity contribution >= 4 is 10.0 Å². The highest BCUT2D eigenvalue weighted by molar-refractivity contribution is 7.88. The summed E-state index contributed by atoms with van der Waals surface area (Å²) >= 11 is 0. The molecule has 0 saturated carbocycles. The quantitative estimate of drug-likeness (QED) is 0.824. The summed E-state index contributed by atoms with van der Waals surface area (Å²) in [6.07, 6.45) is 8.09. The molecule has 0 bridgehead atoms. The number of nitrogens with zero attached hydrogens (tertiary/aromatic N) is 4. The first-order chi connectivity index (χ1) is 10.5. The van der Waals surface area contributed by atoms with Gasteiger partial charge in [-0.2, -0.15) is 4.31 Å². The molecule has 1 atom stereocenters. The summed E-state index contributed by atoms with van der Waals surface area (Å²) in [5, 5.41) is 0. The normalized spacial score (nSPS) is 20.1. The lowest BCUT2D eigenvalue weighted by atomic mass is 10.2. The van der Waals surface area contributed by atoms with Crippen molar-refractivity contribution in [2.75, 3.05) is 26.0 Å². The molecular formula is C14H18N4O3S. The fourth-order valence-electron chi connectivity index (χ4n) is 2.54. The molecule has 0 radical (unpaired) electrons. The van der Waals surface area contributed by atoms with Crippen molar-refractivity contribution in [2.24, 2.45) is 0 Å². The van der Waals surface area contributed by atoms with Gasteiger partial charge in [0.1, 0.15) is 5.82 Å². The van der Waals surface area contributed by atoms with Crippen LogP contribution in [0.5, 0.6) is 0 Å². The molecule has 3 heterocycles. The number of imidazole rings is 1. The van der Waals surface area contributed by atoms with Crippen LogP contribution in [-0.4, -0.2) is 59.3 Å². The first-order valence-corrected chi connectivity index (χ1v) is 8.87. The van der Waals surface area contributed by atoms with Gasteiger partial charge in [-0.05, 0) is 12.1 Å². The molecule has 2 aromatic rings. The summed E-state index contributed by atoms with van der Waals surface area (Å²) in [6, 6.07) is 3.78. The van der Waals surface area contributed by atoms with Crippen molar-refractivity contribution < 1.29 is 13.2 Å². The highest BCUT2D eigenvalue weighted by atomic mass is 32.2. The van der Waals surface area contributed by atoms with Crippen LogP contribution in [0.25, 0.3) is 11.4 Å². The zero-order valence-corrected chi connectivity index (χ0v) is 13.1. The number of ether oxygens (including phenoxy) is 1. The number of sulfonamides is 1. The summed E-state index contributed by atoms with van der Waals surface area (Å²) < 4.78 is 32.5. The van der Waals surface area contributed by atoms with Gasteiger partial charge in [-0.3, -0.25) is 4.98 Å². The molecule has 0 unspecified atom stereocenters. The Morgan fingerprint density at radius 3 is 2.82 bits per heavy atom. The summed E-state index contributed by atoms with van der Waals surface area (Å²) in [5.74, 6) is 0.822. The molecule has 3 rings (SSSR count). The Balaban J connectivity index is 1.76. The summed E-state index contributed by atoms with van der Waals surface area (Å²) in [7, 11) is -3.18. The monoisotopic (exact) mass is 322 g/mol. The zero-order chi connectivity index (χ0) is 15.6. The van der Waals surface area contributed by atoms with E-state index in [0.717, 1.165) is 11.4 Å². The molecule has 0 N–H and O–H groups in total. The molecule has 0 amide bonds. The number of hydrogen-bond donors (Lipinski definition) is 0. The highest BCUT2D eigenvalue weighted by Gasteiger charge is 2.27. The second kappa shape index (κ2) is 6.15. The van der Waals surface area contributed by atoms with Gasteiger partial charge < -0.3 is 9.30 Å². The molecule has 1 aliphatic rings. The molecule has 22 heavy (non-hydrogen) atoms. The van der Waals surface area contributed by atoms with Gasteiger partial charge in [0.05, 0.1) is 25.5 Å². The Kier molecular flexibility index (Phi) is 4.23. The summed E-state index contributed by atoms with van der Waals surface area (Å²) in [4.78, 5) is 8.37. The van der Waals surface area contributed by atoms with E-state index in [4.69, 9.17) is 4.74 Å². The van der Waals surface area contributed by atoms with Crippen molar-refractivity contribution in [3.63, 3.8) is 0 Å². The maximum atomic E-state index is 11.7. The van der Waals surface area contributed by atoms with E-state index < -0.39 is 10.0 Å². The van der Waals surface area contributed by atoms with Gasteiger partial charge in [-0.1, -0.05) is 0 Å². The van der Waals surface area contributed by atoms with Crippen LogP contribution in [0.1, 0.15) is 0 Å². The lowest BCUT2D eigenvalue weighted by Gasteiger charge is -2.31. The molecule has 1 aliphatic heterocycles. The number of rotatable bonds is 4. The second-order valence-corrected chi connectivity index (χ2v) is 7.24. The van der Waals surface area contributed by atoms with Crippen molar-refractivity contribution in [1.29, 1.82) is 0 Å². The van der Waals surface area contributed by atoms with E-state index in [1.54, 1.807) is 18.6 Å². The SMILES string of the molecule is CS(=O)(=O)N1CCO[C@H](Cn2ccnc2-c2ccncc2)C1. The maximum Gasteiger partial charge on any atom is 0.211 e. The fourth-order valence-corrected chi connectivity index (χ4v) is 3.38. The third kappa shape index (κ3) is 3.34. The topological polar surface area (TPSA) is 77.3 Å². The van der Waals surface area contributed by atoms with Crippen LogP contribution in [0.15, 0.2) is 36.9 Å². The summed E-state index contributed by atoms with van der Waals surface area (Å²) in [5.41, 5.74) is 0.968. The van der Waals surface area contributed by atoms with E-state index in [2.05, 4.69) is 9.97 Å². The molecule has 1 fully saturated rings. The predicted octanol–water partition coefficient (Wildman–Crippen LogP) is 0.605. The van der Waals surface area contributed by atoms with E-state index in [9.17, 15) is 8.42 Å². The first-order valence-electron chi connectivity index (χ1n) is 7.02. The van der Waals surface area contributed by atoms with Gasteiger partial charge in [-0.15, -0.1) is 0 Å². The minimum atomic E-state index is -3.18. The van der Waals surface area contributed by atoms with Gasteiger partial charge in [-0.25, -0.2) is 13.4 Å². The van der Waals surface area contributed by atoms with E-state index >= 15 is 0 Å². The van der Waals surface area contributed by atoms with Crippen LogP contribution in [0.4, 0.5) is 0 Å². The average Bonchev–Trinajstić information content (AvgIpc) is 2.96. The van der Waals surface area contributed by atoms with Crippen molar-refractivity contribution in [1.82, 2.24) is 18.8 Å². The summed E-state index contributed by atoms with van der Waals surface area (Å²) in [6.45, 7) is 1.75. The van der Waals surface area contributed by atoms with Gasteiger partial charge in [0.2, 0.25) is 10.0 Å². The van der Waals surface area contributed by atoms with Gasteiger partial charge in [0, 0.05) is 43.4 Å². The van der Waals surface area contributed by atoms with E-state index in [0.29, 0.717) is 26.2 Å². The lowest BCUT2D eigenvalue weighted by Crippen LogP contribution is -2.46. The molecular weight excluding hydrogens is 304 g/mol. The Hall–Kier alpha value is -1.77. The predicted molar refractivity (Wildman–Crippen MR) is 81.6 cm³/mol. The van der Waals surface area contributed by atoms with Crippen LogP contribution in [0.2, 0.25) is 0 Å². The average molecular weight is 322 g/mol. The standard InChI is InChI=1S/C14H18N4O3S/c1-22(19,20)18-8-9-21-13(11-18)10-17-7-6-16-14(17)12-2-4-15-5-3-12/h2-7,13H,8-11H2,1H3/t13-/m1/s1. The van der Waals surface area contributed by atoms with Crippen molar-refractivity contribution in [3.8, 4) is 11.4 Å². The molecule has 1 saturated heterocycles. The maximum absolute atomic E-state index is 11.7. The van der Waals surface area contributed by atoms with E-state index in [1.807, 2.05) is 22.9 Å². The van der Waals surface area contributed by atoms with Crippen LogP contribution in [0.3, 0.4) is 0 Å². The lowest BCUT2D eigenvalue weighted by molar-refractivity contribution is -0.00978. The van der Waals surface area contributed by atoms with E-state index in [-0.39, 0.29) is 6.10 Å². The van der Waals surface area contributed by atoms with Crippen LogP contribution >= 0.6 is 0 Å². The number of morpholine rings is 1. The molecule has 0 spiro atoms. The third-order valence-electron chi connectivity index (χ3n) is 3.62. The van der Waals surface area contributed by atoms with Crippen LogP contribution in [-0.2, 0) is 21.3 Å². The largest absolute Gasteiger partial charge is 0.374 e. The molecule has 8 heteroatoms. The Morgan fingerprint density at radius 1 is 1.32 bits per heavy atom. The van der Waals surface area contributed by atoms with Crippen molar-refractivity contribution in [2.45, 2.75) is 12.6 Å². The van der Waals surface area contributed by atoms with Crippen molar-refractivity contribution in [3.05, 3.63) is 36.9 Å². The zero-order valence-electron chi connectivity index (χ0n) is 12.3. The van der Waals surface area contributed by atoms with Gasteiger partial charge >= 0.3 is 0 Å². The van der Waals surface area contributed by atoms with E-state index in [1.165, 1.54) is 10.6 Å². The molecule has 0 aromatic carbocycles.